The summed E-state index contributed by atoms with van der Waals surface area (Å²) in [5.41, 5.74) is 1.80. The van der Waals surface area contributed by atoms with Crippen molar-refractivity contribution in [3.05, 3.63) is 45.3 Å². The van der Waals surface area contributed by atoms with E-state index < -0.39 is 0 Å². The van der Waals surface area contributed by atoms with Crippen LogP contribution in [0.5, 0.6) is 5.75 Å². The van der Waals surface area contributed by atoms with Gasteiger partial charge in [0.2, 0.25) is 0 Å². The molecule has 0 radical (unpaired) electrons. The number of thiazole rings is 1. The topological polar surface area (TPSA) is 22.1 Å². The molecule has 1 heterocycles. The van der Waals surface area contributed by atoms with Gasteiger partial charge >= 0.3 is 0 Å². The van der Waals surface area contributed by atoms with Gasteiger partial charge in [0, 0.05) is 6.20 Å². The third-order valence-corrected chi connectivity index (χ3v) is 3.10. The normalized spacial score (nSPS) is 10.1. The van der Waals surface area contributed by atoms with Crippen molar-refractivity contribution in [3.8, 4) is 5.75 Å². The van der Waals surface area contributed by atoms with Crippen LogP contribution in [0.25, 0.3) is 0 Å². The maximum Gasteiger partial charge on any atom is 0.134 e. The fourth-order valence-corrected chi connectivity index (χ4v) is 1.93. The molecule has 2 aromatic rings. The molecule has 0 aliphatic rings. The molecular formula is C10H8BrNOS. The summed E-state index contributed by atoms with van der Waals surface area (Å²) in [4.78, 5) is 5.11. The Hall–Kier alpha value is -0.870. The lowest BCUT2D eigenvalue weighted by molar-refractivity contribution is 0.307. The molecule has 0 bridgehead atoms. The molecule has 4 heteroatoms. The minimum atomic E-state index is 0.577. The van der Waals surface area contributed by atoms with Crippen LogP contribution in [0.15, 0.2) is 40.4 Å². The molecule has 72 valence electrons. The maximum absolute atomic E-state index is 5.60. The Morgan fingerprint density at radius 1 is 1.36 bits per heavy atom. The van der Waals surface area contributed by atoms with Gasteiger partial charge in [-0.25, -0.2) is 0 Å². The van der Waals surface area contributed by atoms with E-state index in [-0.39, 0.29) is 0 Å². The monoisotopic (exact) mass is 269 g/mol. The van der Waals surface area contributed by atoms with Crippen LogP contribution in [0.4, 0.5) is 0 Å². The van der Waals surface area contributed by atoms with Crippen molar-refractivity contribution in [1.82, 2.24) is 4.98 Å². The SMILES string of the molecule is Brc1ccccc1OCc1cncs1. The summed E-state index contributed by atoms with van der Waals surface area (Å²) in [5.74, 6) is 0.862. The first-order valence-electron chi connectivity index (χ1n) is 4.11. The van der Waals surface area contributed by atoms with Crippen molar-refractivity contribution < 1.29 is 4.74 Å². The van der Waals surface area contributed by atoms with Gasteiger partial charge in [-0.2, -0.15) is 0 Å². The van der Waals surface area contributed by atoms with E-state index in [4.69, 9.17) is 4.74 Å². The second-order valence-electron chi connectivity index (χ2n) is 2.69. The molecule has 14 heavy (non-hydrogen) atoms. The molecule has 0 N–H and O–H groups in total. The number of ether oxygens (including phenoxy) is 1. The number of hydrogen-bond acceptors (Lipinski definition) is 3. The van der Waals surface area contributed by atoms with Crippen LogP contribution < -0.4 is 4.74 Å². The largest absolute Gasteiger partial charge is 0.487 e. The molecule has 0 aliphatic heterocycles. The molecule has 0 saturated heterocycles. The van der Waals surface area contributed by atoms with Gasteiger partial charge in [-0.3, -0.25) is 4.98 Å². The number of halogens is 1. The van der Waals surface area contributed by atoms with E-state index in [2.05, 4.69) is 20.9 Å². The van der Waals surface area contributed by atoms with Gasteiger partial charge < -0.3 is 4.74 Å². The van der Waals surface area contributed by atoms with Gasteiger partial charge in [0.15, 0.2) is 0 Å². The highest BCUT2D eigenvalue weighted by Crippen LogP contribution is 2.24. The summed E-state index contributed by atoms with van der Waals surface area (Å²) in [5, 5.41) is 0. The molecular weight excluding hydrogens is 262 g/mol. The highest BCUT2D eigenvalue weighted by molar-refractivity contribution is 9.10. The number of rotatable bonds is 3. The van der Waals surface area contributed by atoms with Crippen molar-refractivity contribution in [2.45, 2.75) is 6.61 Å². The van der Waals surface area contributed by atoms with Crippen molar-refractivity contribution in [2.75, 3.05) is 0 Å². The van der Waals surface area contributed by atoms with Crippen LogP contribution in [0.2, 0.25) is 0 Å². The van der Waals surface area contributed by atoms with Gasteiger partial charge in [-0.05, 0) is 28.1 Å². The zero-order valence-electron chi connectivity index (χ0n) is 7.31. The molecule has 1 aromatic carbocycles. The molecule has 0 unspecified atom stereocenters. The Morgan fingerprint density at radius 3 is 2.93 bits per heavy atom. The van der Waals surface area contributed by atoms with Gasteiger partial charge in [0.1, 0.15) is 12.4 Å². The second kappa shape index (κ2) is 4.57. The van der Waals surface area contributed by atoms with Crippen LogP contribution in [0.1, 0.15) is 4.88 Å². The predicted octanol–water partition coefficient (Wildman–Crippen LogP) is 3.48. The molecule has 2 rings (SSSR count). The molecule has 0 aliphatic carbocycles. The fraction of sp³-hybridized carbons (Fsp3) is 0.100. The summed E-state index contributed by atoms with van der Waals surface area (Å²) in [6.45, 7) is 0.577. The summed E-state index contributed by atoms with van der Waals surface area (Å²) in [6, 6.07) is 7.81. The predicted molar refractivity (Wildman–Crippen MR) is 60.6 cm³/mol. The molecule has 0 fully saturated rings. The van der Waals surface area contributed by atoms with Gasteiger partial charge in [-0.15, -0.1) is 11.3 Å². The van der Waals surface area contributed by atoms with Crippen molar-refractivity contribution in [3.63, 3.8) is 0 Å². The van der Waals surface area contributed by atoms with Gasteiger partial charge in [-0.1, -0.05) is 12.1 Å². The summed E-state index contributed by atoms with van der Waals surface area (Å²) >= 11 is 5.02. The number of hydrogen-bond donors (Lipinski definition) is 0. The average Bonchev–Trinajstić information content (AvgIpc) is 2.69. The Morgan fingerprint density at radius 2 is 2.21 bits per heavy atom. The molecule has 0 spiro atoms. The summed E-state index contributed by atoms with van der Waals surface area (Å²) in [6.07, 6.45) is 1.82. The summed E-state index contributed by atoms with van der Waals surface area (Å²) < 4.78 is 6.58. The van der Waals surface area contributed by atoms with Gasteiger partial charge in [0.25, 0.3) is 0 Å². The van der Waals surface area contributed by atoms with E-state index in [0.29, 0.717) is 6.61 Å². The van der Waals surface area contributed by atoms with E-state index in [1.807, 2.05) is 30.5 Å². The zero-order chi connectivity index (χ0) is 9.80. The summed E-state index contributed by atoms with van der Waals surface area (Å²) in [7, 11) is 0. The molecule has 0 amide bonds. The van der Waals surface area contributed by atoms with Crippen molar-refractivity contribution >= 4 is 27.3 Å². The van der Waals surface area contributed by atoms with E-state index in [1.54, 1.807) is 16.8 Å². The number of para-hydroxylation sites is 1. The third kappa shape index (κ3) is 2.33. The van der Waals surface area contributed by atoms with Gasteiger partial charge in [0.05, 0.1) is 14.9 Å². The molecule has 1 aromatic heterocycles. The van der Waals surface area contributed by atoms with Crippen LogP contribution in [0, 0.1) is 0 Å². The fourth-order valence-electron chi connectivity index (χ4n) is 1.02. The van der Waals surface area contributed by atoms with E-state index in [0.717, 1.165) is 15.1 Å². The Kier molecular flexibility index (Phi) is 3.16. The number of aromatic nitrogens is 1. The smallest absolute Gasteiger partial charge is 0.134 e. The van der Waals surface area contributed by atoms with E-state index in [1.165, 1.54) is 0 Å². The quantitative estimate of drug-likeness (QED) is 0.851. The molecule has 2 nitrogen and oxygen atoms in total. The first-order chi connectivity index (χ1) is 6.86. The first kappa shape index (κ1) is 9.68. The zero-order valence-corrected chi connectivity index (χ0v) is 9.72. The van der Waals surface area contributed by atoms with Crippen molar-refractivity contribution in [1.29, 1.82) is 0 Å². The lowest BCUT2D eigenvalue weighted by atomic mass is 10.3. The Bertz CT molecular complexity index is 402. The second-order valence-corrected chi connectivity index (χ2v) is 4.51. The standard InChI is InChI=1S/C10H8BrNOS/c11-9-3-1-2-4-10(9)13-6-8-5-12-7-14-8/h1-5,7H,6H2. The first-order valence-corrected chi connectivity index (χ1v) is 5.78. The maximum atomic E-state index is 5.60. The van der Waals surface area contributed by atoms with Crippen LogP contribution in [-0.4, -0.2) is 4.98 Å². The molecule has 0 atom stereocenters. The number of benzene rings is 1. The van der Waals surface area contributed by atoms with E-state index in [9.17, 15) is 0 Å². The van der Waals surface area contributed by atoms with E-state index >= 15 is 0 Å². The lowest BCUT2D eigenvalue weighted by Crippen LogP contribution is -1.93. The van der Waals surface area contributed by atoms with Crippen LogP contribution in [0.3, 0.4) is 0 Å². The third-order valence-electron chi connectivity index (χ3n) is 1.69. The molecule has 0 saturated carbocycles. The lowest BCUT2D eigenvalue weighted by Gasteiger charge is -2.05. The highest BCUT2D eigenvalue weighted by Gasteiger charge is 2.00. The van der Waals surface area contributed by atoms with Crippen LogP contribution in [-0.2, 0) is 6.61 Å². The highest BCUT2D eigenvalue weighted by atomic mass is 79.9. The van der Waals surface area contributed by atoms with Crippen molar-refractivity contribution in [2.24, 2.45) is 0 Å². The average molecular weight is 270 g/mol. The van der Waals surface area contributed by atoms with Crippen LogP contribution >= 0.6 is 27.3 Å². The Balaban J connectivity index is 2.02. The Labute approximate surface area is 94.7 Å². The number of nitrogens with zero attached hydrogens (tertiary/aromatic N) is 1. The minimum Gasteiger partial charge on any atom is -0.487 e. The minimum absolute atomic E-state index is 0.577.